The number of rotatable bonds is 4. The molecule has 2 rings (SSSR count). The summed E-state index contributed by atoms with van der Waals surface area (Å²) in [5.74, 6) is 0.950. The minimum absolute atomic E-state index is 0.0943. The Bertz CT molecular complexity index is 321. The lowest BCUT2D eigenvalue weighted by Crippen LogP contribution is -2.28. The molecule has 1 aliphatic carbocycles. The van der Waals surface area contributed by atoms with Gasteiger partial charge in [0.15, 0.2) is 0 Å². The Morgan fingerprint density at radius 3 is 2.81 bits per heavy atom. The fourth-order valence-corrected chi connectivity index (χ4v) is 2.72. The molecule has 0 spiro atoms. The third-order valence-corrected chi connectivity index (χ3v) is 3.65. The fourth-order valence-electron chi connectivity index (χ4n) is 2.03. The lowest BCUT2D eigenvalue weighted by Gasteiger charge is -2.25. The summed E-state index contributed by atoms with van der Waals surface area (Å²) in [6.07, 6.45) is 5.82. The molecule has 16 heavy (non-hydrogen) atoms. The standard InChI is InChI=1S/C11H19N3OS/c1-2-3-10-13-11(16-14-10)12-8-4-6-9(15)7-5-8/h8-9,15H,2-7H2,1H3,(H,12,13,14). The van der Waals surface area contributed by atoms with Crippen LogP contribution in [0.25, 0.3) is 0 Å². The first-order valence-corrected chi connectivity index (χ1v) is 6.82. The van der Waals surface area contributed by atoms with E-state index in [9.17, 15) is 5.11 Å². The molecule has 0 amide bonds. The van der Waals surface area contributed by atoms with Crippen LogP contribution in [0.4, 0.5) is 5.13 Å². The Morgan fingerprint density at radius 2 is 2.12 bits per heavy atom. The summed E-state index contributed by atoms with van der Waals surface area (Å²) in [6.45, 7) is 2.14. The van der Waals surface area contributed by atoms with E-state index in [2.05, 4.69) is 21.6 Å². The van der Waals surface area contributed by atoms with Gasteiger partial charge in [-0.3, -0.25) is 0 Å². The minimum Gasteiger partial charge on any atom is -0.393 e. The maximum Gasteiger partial charge on any atom is 0.202 e. The van der Waals surface area contributed by atoms with Crippen molar-refractivity contribution in [2.45, 2.75) is 57.6 Å². The van der Waals surface area contributed by atoms with Gasteiger partial charge in [-0.25, -0.2) is 4.98 Å². The highest BCUT2D eigenvalue weighted by Gasteiger charge is 2.20. The van der Waals surface area contributed by atoms with Crippen LogP contribution >= 0.6 is 11.5 Å². The zero-order chi connectivity index (χ0) is 11.4. The predicted molar refractivity (Wildman–Crippen MR) is 65.8 cm³/mol. The smallest absolute Gasteiger partial charge is 0.202 e. The Balaban J connectivity index is 1.83. The summed E-state index contributed by atoms with van der Waals surface area (Å²) in [7, 11) is 0. The number of aryl methyl sites for hydroxylation is 1. The van der Waals surface area contributed by atoms with Gasteiger partial charge in [0, 0.05) is 24.0 Å². The average molecular weight is 241 g/mol. The highest BCUT2D eigenvalue weighted by atomic mass is 32.1. The molecule has 0 radical (unpaired) electrons. The van der Waals surface area contributed by atoms with E-state index in [0.29, 0.717) is 6.04 Å². The highest BCUT2D eigenvalue weighted by molar-refractivity contribution is 7.09. The molecule has 2 N–H and O–H groups in total. The number of nitrogens with one attached hydrogen (secondary N) is 1. The van der Waals surface area contributed by atoms with Gasteiger partial charge in [0.2, 0.25) is 5.13 Å². The second-order valence-corrected chi connectivity index (χ2v) is 5.17. The van der Waals surface area contributed by atoms with E-state index in [1.807, 2.05) is 0 Å². The van der Waals surface area contributed by atoms with E-state index >= 15 is 0 Å². The van der Waals surface area contributed by atoms with E-state index in [-0.39, 0.29) is 6.10 Å². The third-order valence-electron chi connectivity index (χ3n) is 2.97. The molecule has 0 bridgehead atoms. The molecule has 1 aromatic heterocycles. The molecule has 1 aliphatic rings. The second-order valence-electron chi connectivity index (χ2n) is 4.42. The van der Waals surface area contributed by atoms with Crippen LogP contribution in [0, 0.1) is 0 Å². The molecule has 0 atom stereocenters. The van der Waals surface area contributed by atoms with Gasteiger partial charge in [-0.15, -0.1) is 0 Å². The first-order valence-electron chi connectivity index (χ1n) is 6.05. The van der Waals surface area contributed by atoms with Crippen LogP contribution in [0.2, 0.25) is 0 Å². The van der Waals surface area contributed by atoms with Crippen molar-refractivity contribution in [3.8, 4) is 0 Å². The van der Waals surface area contributed by atoms with E-state index in [0.717, 1.165) is 49.5 Å². The number of aliphatic hydroxyl groups is 1. The highest BCUT2D eigenvalue weighted by Crippen LogP contribution is 2.23. The zero-order valence-electron chi connectivity index (χ0n) is 9.65. The van der Waals surface area contributed by atoms with Gasteiger partial charge in [0.05, 0.1) is 6.10 Å². The molecule has 0 unspecified atom stereocenters. The lowest BCUT2D eigenvalue weighted by atomic mass is 9.93. The maximum atomic E-state index is 9.41. The van der Waals surface area contributed by atoms with Gasteiger partial charge in [0.1, 0.15) is 5.82 Å². The molecule has 1 aromatic rings. The van der Waals surface area contributed by atoms with Crippen LogP contribution in [-0.2, 0) is 6.42 Å². The average Bonchev–Trinajstić information content (AvgIpc) is 2.70. The molecular formula is C11H19N3OS. The summed E-state index contributed by atoms with van der Waals surface area (Å²) in [6, 6.07) is 0.464. The SMILES string of the molecule is CCCc1nsc(NC2CCC(O)CC2)n1. The van der Waals surface area contributed by atoms with Crippen molar-refractivity contribution in [1.29, 1.82) is 0 Å². The van der Waals surface area contributed by atoms with Crippen molar-refractivity contribution in [3.05, 3.63) is 5.82 Å². The molecule has 1 fully saturated rings. The number of aliphatic hydroxyl groups excluding tert-OH is 1. The normalized spacial score (nSPS) is 25.6. The van der Waals surface area contributed by atoms with E-state index < -0.39 is 0 Å². The molecule has 1 heterocycles. The van der Waals surface area contributed by atoms with Crippen molar-refractivity contribution in [1.82, 2.24) is 9.36 Å². The largest absolute Gasteiger partial charge is 0.393 e. The van der Waals surface area contributed by atoms with Gasteiger partial charge in [-0.1, -0.05) is 6.92 Å². The summed E-state index contributed by atoms with van der Waals surface area (Å²) < 4.78 is 4.31. The van der Waals surface area contributed by atoms with Crippen LogP contribution in [-0.4, -0.2) is 26.6 Å². The topological polar surface area (TPSA) is 58.0 Å². The zero-order valence-corrected chi connectivity index (χ0v) is 10.5. The molecule has 4 nitrogen and oxygen atoms in total. The van der Waals surface area contributed by atoms with Gasteiger partial charge < -0.3 is 10.4 Å². The predicted octanol–water partition coefficient (Wildman–Crippen LogP) is 2.21. The van der Waals surface area contributed by atoms with Crippen LogP contribution < -0.4 is 5.32 Å². The number of nitrogens with zero attached hydrogens (tertiary/aromatic N) is 2. The van der Waals surface area contributed by atoms with E-state index in [1.165, 1.54) is 11.5 Å². The van der Waals surface area contributed by atoms with Crippen LogP contribution in [0.1, 0.15) is 44.9 Å². The van der Waals surface area contributed by atoms with Crippen LogP contribution in [0.5, 0.6) is 0 Å². The first-order chi connectivity index (χ1) is 7.78. The van der Waals surface area contributed by atoms with Gasteiger partial charge in [-0.05, 0) is 32.1 Å². The van der Waals surface area contributed by atoms with Crippen molar-refractivity contribution in [2.75, 3.05) is 5.32 Å². The monoisotopic (exact) mass is 241 g/mol. The van der Waals surface area contributed by atoms with Crippen molar-refractivity contribution < 1.29 is 5.11 Å². The van der Waals surface area contributed by atoms with Gasteiger partial charge in [-0.2, -0.15) is 4.37 Å². The molecule has 5 heteroatoms. The van der Waals surface area contributed by atoms with Crippen LogP contribution in [0.15, 0.2) is 0 Å². The number of hydrogen-bond donors (Lipinski definition) is 2. The Labute approximate surface area is 100 Å². The van der Waals surface area contributed by atoms with Gasteiger partial charge in [0.25, 0.3) is 0 Å². The first kappa shape index (κ1) is 11.8. The van der Waals surface area contributed by atoms with Gasteiger partial charge >= 0.3 is 0 Å². The van der Waals surface area contributed by atoms with Crippen LogP contribution in [0.3, 0.4) is 0 Å². The summed E-state index contributed by atoms with van der Waals surface area (Å²) >= 11 is 1.45. The minimum atomic E-state index is -0.0943. The van der Waals surface area contributed by atoms with Crippen molar-refractivity contribution in [2.24, 2.45) is 0 Å². The lowest BCUT2D eigenvalue weighted by molar-refractivity contribution is 0.126. The van der Waals surface area contributed by atoms with Crippen molar-refractivity contribution in [3.63, 3.8) is 0 Å². The summed E-state index contributed by atoms with van der Waals surface area (Å²) in [4.78, 5) is 4.45. The molecule has 0 saturated heterocycles. The second kappa shape index (κ2) is 5.59. The number of hydrogen-bond acceptors (Lipinski definition) is 5. The van der Waals surface area contributed by atoms with E-state index in [4.69, 9.17) is 0 Å². The van der Waals surface area contributed by atoms with E-state index in [1.54, 1.807) is 0 Å². The quantitative estimate of drug-likeness (QED) is 0.848. The Kier molecular flexibility index (Phi) is 4.12. The summed E-state index contributed by atoms with van der Waals surface area (Å²) in [5.41, 5.74) is 0. The molecule has 0 aromatic carbocycles. The fraction of sp³-hybridized carbons (Fsp3) is 0.818. The molecule has 90 valence electrons. The number of aromatic nitrogens is 2. The Morgan fingerprint density at radius 1 is 1.38 bits per heavy atom. The molecule has 1 saturated carbocycles. The summed E-state index contributed by atoms with van der Waals surface area (Å²) in [5, 5.41) is 13.8. The number of anilines is 1. The third kappa shape index (κ3) is 3.15. The Hall–Kier alpha value is -0.680. The molecule has 0 aliphatic heterocycles. The van der Waals surface area contributed by atoms with Crippen molar-refractivity contribution >= 4 is 16.7 Å². The maximum absolute atomic E-state index is 9.41. The molecular weight excluding hydrogens is 222 g/mol.